The second-order valence-corrected chi connectivity index (χ2v) is 5.41. The molecule has 0 spiro atoms. The molecule has 2 unspecified atom stereocenters. The minimum Gasteiger partial charge on any atom is -0.395 e. The first-order valence-electron chi connectivity index (χ1n) is 6.68. The Hall–Kier alpha value is -0.610. The standard InChI is InChI=1S/C13H26N2O2/c1-10(8-12-6-4-5-7-12)13(17)14-15(3)11(2)9-16/h10-12,16H,4-9H2,1-3H3,(H,14,17). The Labute approximate surface area is 104 Å². The van der Waals surface area contributed by atoms with Gasteiger partial charge in [-0.15, -0.1) is 0 Å². The van der Waals surface area contributed by atoms with Crippen LogP contribution in [0.15, 0.2) is 0 Å². The lowest BCUT2D eigenvalue weighted by atomic mass is 9.94. The van der Waals surface area contributed by atoms with Crippen molar-refractivity contribution in [3.05, 3.63) is 0 Å². The molecule has 1 fully saturated rings. The Morgan fingerprint density at radius 1 is 1.41 bits per heavy atom. The fraction of sp³-hybridized carbons (Fsp3) is 0.923. The van der Waals surface area contributed by atoms with E-state index in [2.05, 4.69) is 5.43 Å². The second kappa shape index (κ2) is 6.97. The molecule has 0 aromatic heterocycles. The molecule has 0 aliphatic heterocycles. The average Bonchev–Trinajstić information content (AvgIpc) is 2.80. The third-order valence-electron chi connectivity index (χ3n) is 3.82. The fourth-order valence-corrected chi connectivity index (χ4v) is 2.37. The Morgan fingerprint density at radius 3 is 2.53 bits per heavy atom. The van der Waals surface area contributed by atoms with E-state index in [0.717, 1.165) is 12.3 Å². The van der Waals surface area contributed by atoms with Crippen LogP contribution in [-0.2, 0) is 4.79 Å². The fourth-order valence-electron chi connectivity index (χ4n) is 2.37. The number of hydrogen-bond acceptors (Lipinski definition) is 3. The van der Waals surface area contributed by atoms with Crippen molar-refractivity contribution in [1.82, 2.24) is 10.4 Å². The van der Waals surface area contributed by atoms with Crippen molar-refractivity contribution in [3.8, 4) is 0 Å². The van der Waals surface area contributed by atoms with Crippen molar-refractivity contribution in [3.63, 3.8) is 0 Å². The number of nitrogens with one attached hydrogen (secondary N) is 1. The van der Waals surface area contributed by atoms with Gasteiger partial charge in [-0.05, 0) is 19.3 Å². The highest BCUT2D eigenvalue weighted by Crippen LogP contribution is 2.30. The molecule has 0 saturated heterocycles. The topological polar surface area (TPSA) is 52.6 Å². The molecule has 17 heavy (non-hydrogen) atoms. The summed E-state index contributed by atoms with van der Waals surface area (Å²) in [7, 11) is 1.79. The lowest BCUT2D eigenvalue weighted by molar-refractivity contribution is -0.130. The van der Waals surface area contributed by atoms with Crippen molar-refractivity contribution in [2.24, 2.45) is 11.8 Å². The van der Waals surface area contributed by atoms with Crippen LogP contribution in [0.3, 0.4) is 0 Å². The molecule has 0 aromatic rings. The summed E-state index contributed by atoms with van der Waals surface area (Å²) in [6.07, 6.45) is 6.19. The predicted molar refractivity (Wildman–Crippen MR) is 68.2 cm³/mol. The Bertz CT molecular complexity index is 240. The number of aliphatic hydroxyl groups is 1. The summed E-state index contributed by atoms with van der Waals surface area (Å²) in [4.78, 5) is 11.9. The minimum atomic E-state index is -0.0439. The monoisotopic (exact) mass is 242 g/mol. The van der Waals surface area contributed by atoms with Gasteiger partial charge in [-0.2, -0.15) is 0 Å². The van der Waals surface area contributed by atoms with Gasteiger partial charge in [-0.3, -0.25) is 10.2 Å². The molecular weight excluding hydrogens is 216 g/mol. The van der Waals surface area contributed by atoms with Gasteiger partial charge in [0.25, 0.3) is 0 Å². The Kier molecular flexibility index (Phi) is 5.92. The maximum Gasteiger partial charge on any atom is 0.237 e. The average molecular weight is 242 g/mol. The molecule has 100 valence electrons. The number of hydrogen-bond donors (Lipinski definition) is 2. The van der Waals surface area contributed by atoms with Crippen LogP contribution in [0.25, 0.3) is 0 Å². The van der Waals surface area contributed by atoms with Crippen LogP contribution in [0.5, 0.6) is 0 Å². The highest BCUT2D eigenvalue weighted by molar-refractivity contribution is 5.77. The van der Waals surface area contributed by atoms with Gasteiger partial charge in [0.1, 0.15) is 0 Å². The first-order valence-corrected chi connectivity index (χ1v) is 6.68. The summed E-state index contributed by atoms with van der Waals surface area (Å²) in [5.74, 6) is 0.863. The van der Waals surface area contributed by atoms with Crippen molar-refractivity contribution >= 4 is 5.91 Å². The zero-order valence-corrected chi connectivity index (χ0v) is 11.3. The SMILES string of the molecule is CC(CC1CCCC1)C(=O)NN(C)C(C)CO. The molecule has 2 atom stereocenters. The third kappa shape index (κ3) is 4.64. The van der Waals surface area contributed by atoms with Gasteiger partial charge in [-0.25, -0.2) is 5.01 Å². The molecule has 1 saturated carbocycles. The second-order valence-electron chi connectivity index (χ2n) is 5.41. The molecule has 4 nitrogen and oxygen atoms in total. The van der Waals surface area contributed by atoms with E-state index in [1.165, 1.54) is 25.7 Å². The van der Waals surface area contributed by atoms with Crippen molar-refractivity contribution in [1.29, 1.82) is 0 Å². The van der Waals surface area contributed by atoms with E-state index in [1.807, 2.05) is 13.8 Å². The summed E-state index contributed by atoms with van der Waals surface area (Å²) in [5.41, 5.74) is 2.84. The van der Waals surface area contributed by atoms with Gasteiger partial charge in [0, 0.05) is 19.0 Å². The van der Waals surface area contributed by atoms with E-state index in [0.29, 0.717) is 0 Å². The van der Waals surface area contributed by atoms with Gasteiger partial charge in [0.15, 0.2) is 0 Å². The first-order chi connectivity index (χ1) is 8.04. The number of carbonyl (C=O) groups is 1. The van der Waals surface area contributed by atoms with Crippen molar-refractivity contribution in [2.45, 2.75) is 52.0 Å². The van der Waals surface area contributed by atoms with Crippen LogP contribution in [0, 0.1) is 11.8 Å². The highest BCUT2D eigenvalue weighted by Gasteiger charge is 2.23. The van der Waals surface area contributed by atoms with E-state index in [4.69, 9.17) is 5.11 Å². The molecule has 1 aliphatic carbocycles. The van der Waals surface area contributed by atoms with E-state index in [-0.39, 0.29) is 24.5 Å². The summed E-state index contributed by atoms with van der Waals surface area (Å²) in [6, 6.07) is -0.0439. The van der Waals surface area contributed by atoms with Crippen LogP contribution in [-0.4, -0.2) is 35.7 Å². The third-order valence-corrected chi connectivity index (χ3v) is 3.82. The number of nitrogens with zero attached hydrogens (tertiary/aromatic N) is 1. The van der Waals surface area contributed by atoms with Gasteiger partial charge >= 0.3 is 0 Å². The number of rotatable bonds is 6. The maximum absolute atomic E-state index is 11.9. The number of carbonyl (C=O) groups excluding carboxylic acids is 1. The summed E-state index contributed by atoms with van der Waals surface area (Å²) in [5, 5.41) is 10.7. The molecule has 0 radical (unpaired) electrons. The number of likely N-dealkylation sites (N-methyl/N-ethyl adjacent to an activating group) is 1. The maximum atomic E-state index is 11.9. The van der Waals surface area contributed by atoms with Crippen molar-refractivity contribution in [2.75, 3.05) is 13.7 Å². The molecule has 1 rings (SSSR count). The molecule has 0 bridgehead atoms. The summed E-state index contributed by atoms with van der Waals surface area (Å²) < 4.78 is 0. The van der Waals surface area contributed by atoms with Gasteiger partial charge in [0.2, 0.25) is 5.91 Å². The lowest BCUT2D eigenvalue weighted by Gasteiger charge is -2.26. The smallest absolute Gasteiger partial charge is 0.237 e. The molecule has 0 aromatic carbocycles. The van der Waals surface area contributed by atoms with Crippen LogP contribution in [0.2, 0.25) is 0 Å². The van der Waals surface area contributed by atoms with Crippen LogP contribution < -0.4 is 5.43 Å². The van der Waals surface area contributed by atoms with Gasteiger partial charge in [0.05, 0.1) is 6.61 Å². The Balaban J connectivity index is 2.30. The van der Waals surface area contributed by atoms with Crippen LogP contribution in [0.4, 0.5) is 0 Å². The number of aliphatic hydroxyl groups excluding tert-OH is 1. The molecule has 4 heteroatoms. The number of amides is 1. The van der Waals surface area contributed by atoms with Crippen molar-refractivity contribution < 1.29 is 9.90 Å². The zero-order valence-electron chi connectivity index (χ0n) is 11.3. The molecular formula is C13H26N2O2. The van der Waals surface area contributed by atoms with Crippen LogP contribution in [0.1, 0.15) is 46.0 Å². The van der Waals surface area contributed by atoms with E-state index < -0.39 is 0 Å². The minimum absolute atomic E-state index is 0.0439. The largest absolute Gasteiger partial charge is 0.395 e. The summed E-state index contributed by atoms with van der Waals surface area (Å²) in [6.45, 7) is 3.92. The molecule has 1 amide bonds. The predicted octanol–water partition coefficient (Wildman–Crippen LogP) is 1.55. The lowest BCUT2D eigenvalue weighted by Crippen LogP contribution is -2.48. The molecule has 1 aliphatic rings. The van der Waals surface area contributed by atoms with Crippen LogP contribution >= 0.6 is 0 Å². The zero-order chi connectivity index (χ0) is 12.8. The Morgan fingerprint density at radius 2 is 2.00 bits per heavy atom. The van der Waals surface area contributed by atoms with Gasteiger partial charge in [-0.1, -0.05) is 32.6 Å². The first kappa shape index (κ1) is 14.5. The molecule has 2 N–H and O–H groups in total. The normalized spacial score (nSPS) is 20.5. The van der Waals surface area contributed by atoms with E-state index in [1.54, 1.807) is 12.1 Å². The highest BCUT2D eigenvalue weighted by atomic mass is 16.3. The number of hydrazine groups is 1. The summed E-state index contributed by atoms with van der Waals surface area (Å²) >= 11 is 0. The quantitative estimate of drug-likeness (QED) is 0.695. The molecule has 0 heterocycles. The van der Waals surface area contributed by atoms with E-state index >= 15 is 0 Å². The van der Waals surface area contributed by atoms with E-state index in [9.17, 15) is 4.79 Å². The van der Waals surface area contributed by atoms with Gasteiger partial charge < -0.3 is 5.11 Å².